The zero-order valence-corrected chi connectivity index (χ0v) is 11.8. The molecule has 1 amide bonds. The molecule has 1 aromatic rings. The van der Waals surface area contributed by atoms with Crippen molar-refractivity contribution < 1.29 is 13.9 Å². The van der Waals surface area contributed by atoms with Gasteiger partial charge in [-0.25, -0.2) is 9.18 Å². The Balaban J connectivity index is 2.88. The number of carbonyl (C=O) groups is 1. The molecule has 1 rings (SSSR count). The number of nitriles is 1. The number of halogens is 2. The predicted octanol–water partition coefficient (Wildman–Crippen LogP) is 3.81. The second-order valence-electron chi connectivity index (χ2n) is 4.55. The van der Waals surface area contributed by atoms with Crippen LogP contribution < -0.4 is 5.32 Å². The highest BCUT2D eigenvalue weighted by atomic mass is 79.9. The molecule has 0 fully saturated rings. The lowest BCUT2D eigenvalue weighted by Crippen LogP contribution is -2.27. The summed E-state index contributed by atoms with van der Waals surface area (Å²) in [7, 11) is 0. The first-order valence-electron chi connectivity index (χ1n) is 5.12. The second kappa shape index (κ2) is 5.36. The van der Waals surface area contributed by atoms with Crippen LogP contribution in [0.1, 0.15) is 26.3 Å². The molecule has 96 valence electrons. The summed E-state index contributed by atoms with van der Waals surface area (Å²) in [6.45, 7) is 5.17. The van der Waals surface area contributed by atoms with Gasteiger partial charge in [-0.2, -0.15) is 5.26 Å². The fourth-order valence-corrected chi connectivity index (χ4v) is 1.70. The summed E-state index contributed by atoms with van der Waals surface area (Å²) in [6.07, 6.45) is -0.682. The van der Waals surface area contributed by atoms with Crippen LogP contribution in [0, 0.1) is 17.1 Å². The molecule has 1 N–H and O–H groups in total. The third-order valence-corrected chi connectivity index (χ3v) is 2.42. The molecule has 4 nitrogen and oxygen atoms in total. The van der Waals surface area contributed by atoms with Crippen molar-refractivity contribution in [2.45, 2.75) is 26.4 Å². The molecular weight excluding hydrogens is 303 g/mol. The van der Waals surface area contributed by atoms with E-state index in [2.05, 4.69) is 21.2 Å². The van der Waals surface area contributed by atoms with Crippen molar-refractivity contribution in [1.82, 2.24) is 0 Å². The fourth-order valence-electron chi connectivity index (χ4n) is 1.17. The standard InChI is InChI=1S/C12H12BrFN2O2/c1-12(2,3)18-11(17)16-7-4-9(13)8(6-15)10(14)5-7/h4-5H,1-3H3,(H,16,17). The Kier molecular flexibility index (Phi) is 4.30. The van der Waals surface area contributed by atoms with Gasteiger partial charge in [0.15, 0.2) is 0 Å². The molecule has 18 heavy (non-hydrogen) atoms. The highest BCUT2D eigenvalue weighted by Crippen LogP contribution is 2.24. The number of benzene rings is 1. The molecule has 1 aromatic carbocycles. The van der Waals surface area contributed by atoms with E-state index in [1.165, 1.54) is 6.07 Å². The summed E-state index contributed by atoms with van der Waals surface area (Å²) in [5, 5.41) is 11.1. The molecule has 0 spiro atoms. The summed E-state index contributed by atoms with van der Waals surface area (Å²) >= 11 is 3.05. The van der Waals surface area contributed by atoms with Gasteiger partial charge in [0.1, 0.15) is 23.1 Å². The molecule has 0 heterocycles. The number of nitrogens with zero attached hydrogens (tertiary/aromatic N) is 1. The molecule has 0 radical (unpaired) electrons. The number of amides is 1. The van der Waals surface area contributed by atoms with E-state index in [-0.39, 0.29) is 15.7 Å². The van der Waals surface area contributed by atoms with Crippen molar-refractivity contribution in [3.05, 3.63) is 28.0 Å². The Morgan fingerprint density at radius 3 is 2.56 bits per heavy atom. The number of ether oxygens (including phenoxy) is 1. The minimum Gasteiger partial charge on any atom is -0.444 e. The summed E-state index contributed by atoms with van der Waals surface area (Å²) in [5.41, 5.74) is -0.524. The van der Waals surface area contributed by atoms with Crippen LogP contribution in [-0.4, -0.2) is 11.7 Å². The first kappa shape index (κ1) is 14.5. The normalized spacial score (nSPS) is 10.7. The molecule has 0 aliphatic carbocycles. The van der Waals surface area contributed by atoms with Crippen molar-refractivity contribution in [2.75, 3.05) is 5.32 Å². The predicted molar refractivity (Wildman–Crippen MR) is 68.7 cm³/mol. The zero-order valence-electron chi connectivity index (χ0n) is 10.2. The highest BCUT2D eigenvalue weighted by Gasteiger charge is 2.17. The average molecular weight is 315 g/mol. The van der Waals surface area contributed by atoms with Crippen LogP contribution in [0.3, 0.4) is 0 Å². The molecule has 0 unspecified atom stereocenters. The largest absolute Gasteiger partial charge is 0.444 e. The van der Waals surface area contributed by atoms with Crippen molar-refractivity contribution in [2.24, 2.45) is 0 Å². The Labute approximate surface area is 113 Å². The summed E-state index contributed by atoms with van der Waals surface area (Å²) < 4.78 is 18.8. The van der Waals surface area contributed by atoms with Crippen molar-refractivity contribution in [1.29, 1.82) is 5.26 Å². The van der Waals surface area contributed by atoms with E-state index < -0.39 is 17.5 Å². The van der Waals surface area contributed by atoms with Crippen molar-refractivity contribution in [3.63, 3.8) is 0 Å². The monoisotopic (exact) mass is 314 g/mol. The van der Waals surface area contributed by atoms with Crippen molar-refractivity contribution >= 4 is 27.7 Å². The van der Waals surface area contributed by atoms with Gasteiger partial charge < -0.3 is 4.74 Å². The number of rotatable bonds is 1. The number of nitrogens with one attached hydrogen (secondary N) is 1. The van der Waals surface area contributed by atoms with Crippen LogP contribution in [0.25, 0.3) is 0 Å². The summed E-state index contributed by atoms with van der Waals surface area (Å²) in [6, 6.07) is 4.22. The van der Waals surface area contributed by atoms with Gasteiger partial charge in [0.2, 0.25) is 0 Å². The zero-order chi connectivity index (χ0) is 13.9. The van der Waals surface area contributed by atoms with E-state index in [4.69, 9.17) is 10.00 Å². The maximum absolute atomic E-state index is 13.5. The lowest BCUT2D eigenvalue weighted by molar-refractivity contribution is 0.0636. The van der Waals surface area contributed by atoms with Gasteiger partial charge in [0.05, 0.1) is 0 Å². The Bertz CT molecular complexity index is 495. The second-order valence-corrected chi connectivity index (χ2v) is 5.41. The first-order chi connectivity index (χ1) is 8.23. The van der Waals surface area contributed by atoms with Crippen molar-refractivity contribution in [3.8, 4) is 6.07 Å². The van der Waals surface area contributed by atoms with Crippen LogP contribution >= 0.6 is 15.9 Å². The lowest BCUT2D eigenvalue weighted by Gasteiger charge is -2.19. The minimum atomic E-state index is -0.710. The minimum absolute atomic E-state index is 0.107. The van der Waals surface area contributed by atoms with E-state index >= 15 is 0 Å². The third-order valence-electron chi connectivity index (χ3n) is 1.80. The van der Waals surface area contributed by atoms with Gasteiger partial charge in [0, 0.05) is 10.2 Å². The van der Waals surface area contributed by atoms with Gasteiger partial charge in [0.25, 0.3) is 0 Å². The smallest absolute Gasteiger partial charge is 0.412 e. The molecule has 0 saturated heterocycles. The SMILES string of the molecule is CC(C)(C)OC(=O)Nc1cc(F)c(C#N)c(Br)c1. The molecule has 0 bridgehead atoms. The van der Waals surface area contributed by atoms with Crippen LogP contribution in [-0.2, 0) is 4.74 Å². The molecular formula is C12H12BrFN2O2. The number of hydrogen-bond acceptors (Lipinski definition) is 3. The van der Waals surface area contributed by atoms with Gasteiger partial charge in [-0.05, 0) is 48.8 Å². The quantitative estimate of drug-likeness (QED) is 0.857. The van der Waals surface area contributed by atoms with Gasteiger partial charge in [-0.3, -0.25) is 5.32 Å². The van der Waals surface area contributed by atoms with E-state index in [1.54, 1.807) is 26.8 Å². The van der Waals surface area contributed by atoms with E-state index in [9.17, 15) is 9.18 Å². The topological polar surface area (TPSA) is 62.1 Å². The molecule has 0 aliphatic heterocycles. The Morgan fingerprint density at radius 2 is 2.11 bits per heavy atom. The molecule has 0 saturated carbocycles. The molecule has 6 heteroatoms. The lowest BCUT2D eigenvalue weighted by atomic mass is 10.2. The number of hydrogen-bond donors (Lipinski definition) is 1. The first-order valence-corrected chi connectivity index (χ1v) is 5.91. The maximum atomic E-state index is 13.5. The van der Waals surface area contributed by atoms with Gasteiger partial charge >= 0.3 is 6.09 Å². The molecule has 0 aliphatic rings. The average Bonchev–Trinajstić information content (AvgIpc) is 2.13. The van der Waals surface area contributed by atoms with Crippen LogP contribution in [0.5, 0.6) is 0 Å². The number of anilines is 1. The van der Waals surface area contributed by atoms with Crippen LogP contribution in [0.4, 0.5) is 14.9 Å². The van der Waals surface area contributed by atoms with Gasteiger partial charge in [-0.15, -0.1) is 0 Å². The van der Waals surface area contributed by atoms with E-state index in [0.717, 1.165) is 6.07 Å². The fraction of sp³-hybridized carbons (Fsp3) is 0.333. The number of carbonyl (C=O) groups excluding carboxylic acids is 1. The Hall–Kier alpha value is -1.61. The van der Waals surface area contributed by atoms with Gasteiger partial charge in [-0.1, -0.05) is 0 Å². The molecule has 0 aromatic heterocycles. The Morgan fingerprint density at radius 1 is 1.50 bits per heavy atom. The van der Waals surface area contributed by atoms with Crippen LogP contribution in [0.2, 0.25) is 0 Å². The van der Waals surface area contributed by atoms with E-state index in [1.807, 2.05) is 0 Å². The highest BCUT2D eigenvalue weighted by molar-refractivity contribution is 9.10. The van der Waals surface area contributed by atoms with Crippen LogP contribution in [0.15, 0.2) is 16.6 Å². The summed E-state index contributed by atoms with van der Waals surface area (Å²) in [4.78, 5) is 11.5. The molecule has 0 atom stereocenters. The summed E-state index contributed by atoms with van der Waals surface area (Å²) in [5.74, 6) is -0.710. The maximum Gasteiger partial charge on any atom is 0.412 e. The third kappa shape index (κ3) is 4.00. The van der Waals surface area contributed by atoms with E-state index in [0.29, 0.717) is 0 Å².